The lowest BCUT2D eigenvalue weighted by atomic mass is 10.0. The van der Waals surface area contributed by atoms with E-state index in [1.165, 1.54) is 11.8 Å². The first kappa shape index (κ1) is 18.9. The van der Waals surface area contributed by atoms with Gasteiger partial charge in [-0.2, -0.15) is 0 Å². The van der Waals surface area contributed by atoms with E-state index in [0.717, 1.165) is 5.56 Å². The van der Waals surface area contributed by atoms with Gasteiger partial charge >= 0.3 is 0 Å². The van der Waals surface area contributed by atoms with Gasteiger partial charge in [0.1, 0.15) is 5.82 Å². The second kappa shape index (κ2) is 8.18. The van der Waals surface area contributed by atoms with Gasteiger partial charge in [-0.05, 0) is 47.9 Å². The van der Waals surface area contributed by atoms with E-state index in [1.54, 1.807) is 24.3 Å². The minimum Gasteiger partial charge on any atom is -0.326 e. The molecule has 5 nitrogen and oxygen atoms in total. The zero-order valence-electron chi connectivity index (χ0n) is 15.1. The van der Waals surface area contributed by atoms with E-state index in [2.05, 4.69) is 29.1 Å². The Bertz CT molecular complexity index is 993. The van der Waals surface area contributed by atoms with Crippen molar-refractivity contribution in [2.75, 3.05) is 5.32 Å². The Hall–Kier alpha value is -2.92. The molecule has 2 aromatic carbocycles. The molecule has 0 atom stereocenters. The van der Waals surface area contributed by atoms with Gasteiger partial charge in [0, 0.05) is 28.0 Å². The van der Waals surface area contributed by atoms with Gasteiger partial charge in [-0.1, -0.05) is 37.6 Å². The summed E-state index contributed by atoms with van der Waals surface area (Å²) in [5.74, 6) is 0.600. The number of carbonyl (C=O) groups is 1. The van der Waals surface area contributed by atoms with Crippen LogP contribution in [0.15, 0.2) is 59.5 Å². The molecule has 0 saturated heterocycles. The predicted octanol–water partition coefficient (Wildman–Crippen LogP) is 4.39. The summed E-state index contributed by atoms with van der Waals surface area (Å²) >= 11 is 5.87. The Kier molecular flexibility index (Phi) is 5.72. The quantitative estimate of drug-likeness (QED) is 0.688. The second-order valence-corrected chi connectivity index (χ2v) is 7.03. The maximum absolute atomic E-state index is 12.3. The molecule has 138 valence electrons. The molecule has 0 aliphatic rings. The summed E-state index contributed by atoms with van der Waals surface area (Å²) in [5, 5.41) is 3.41. The maximum atomic E-state index is 12.3. The van der Waals surface area contributed by atoms with Gasteiger partial charge in [0.2, 0.25) is 5.91 Å². The van der Waals surface area contributed by atoms with Crippen LogP contribution >= 0.6 is 11.6 Å². The van der Waals surface area contributed by atoms with E-state index in [0.29, 0.717) is 28.0 Å². The Morgan fingerprint density at radius 1 is 1.11 bits per heavy atom. The van der Waals surface area contributed by atoms with Crippen molar-refractivity contribution in [1.82, 2.24) is 9.97 Å². The van der Waals surface area contributed by atoms with Crippen LogP contribution in [-0.4, -0.2) is 15.9 Å². The van der Waals surface area contributed by atoms with E-state index in [4.69, 9.17) is 11.6 Å². The van der Waals surface area contributed by atoms with Gasteiger partial charge in [0.15, 0.2) is 0 Å². The highest BCUT2D eigenvalue weighted by Crippen LogP contribution is 2.18. The van der Waals surface area contributed by atoms with E-state index in [9.17, 15) is 9.59 Å². The summed E-state index contributed by atoms with van der Waals surface area (Å²) in [6.07, 6.45) is 1.39. The maximum Gasteiger partial charge on any atom is 0.254 e. The first-order valence-electron chi connectivity index (χ1n) is 8.66. The summed E-state index contributed by atoms with van der Waals surface area (Å²) in [5.41, 5.74) is 2.63. The molecular weight excluding hydrogens is 362 g/mol. The third-order valence-electron chi connectivity index (χ3n) is 4.20. The number of benzene rings is 2. The molecule has 0 bridgehead atoms. The Morgan fingerprint density at radius 3 is 2.37 bits per heavy atom. The molecular formula is C21H20ClN3O2. The summed E-state index contributed by atoms with van der Waals surface area (Å²) in [6, 6.07) is 14.7. The number of nitrogens with one attached hydrogen (secondary N) is 2. The highest BCUT2D eigenvalue weighted by atomic mass is 35.5. The molecule has 0 unspecified atom stereocenters. The van der Waals surface area contributed by atoms with Crippen LogP contribution in [0, 0.1) is 0 Å². The van der Waals surface area contributed by atoms with E-state index < -0.39 is 0 Å². The fourth-order valence-electron chi connectivity index (χ4n) is 2.63. The summed E-state index contributed by atoms with van der Waals surface area (Å²) in [7, 11) is 0. The van der Waals surface area contributed by atoms with Crippen LogP contribution in [0.4, 0.5) is 5.69 Å². The van der Waals surface area contributed by atoms with Crippen molar-refractivity contribution in [3.8, 4) is 11.4 Å². The number of aromatic nitrogens is 2. The number of H-pyrrole nitrogens is 1. The van der Waals surface area contributed by atoms with Crippen LogP contribution in [0.25, 0.3) is 11.4 Å². The largest absolute Gasteiger partial charge is 0.326 e. The minimum absolute atomic E-state index is 0.0465. The van der Waals surface area contributed by atoms with Crippen molar-refractivity contribution >= 4 is 23.2 Å². The Labute approximate surface area is 162 Å². The van der Waals surface area contributed by atoms with Crippen molar-refractivity contribution in [3.05, 3.63) is 81.2 Å². The molecule has 1 heterocycles. The van der Waals surface area contributed by atoms with E-state index >= 15 is 0 Å². The number of carbonyl (C=O) groups excluding carboxylic acids is 1. The number of aromatic amines is 1. The predicted molar refractivity (Wildman–Crippen MR) is 108 cm³/mol. The summed E-state index contributed by atoms with van der Waals surface area (Å²) < 4.78 is 0. The molecule has 2 N–H and O–H groups in total. The standard InChI is InChI=1S/C21H20ClN3O2/c1-13(2)14-5-9-18(10-6-14)24-19(26)11-16-12-23-20(25-21(16)27)15-3-7-17(22)8-4-15/h3-10,12-13H,11H2,1-2H3,(H,24,26)(H,23,25,27). The number of nitrogens with zero attached hydrogens (tertiary/aromatic N) is 1. The molecule has 0 spiro atoms. The second-order valence-electron chi connectivity index (χ2n) is 6.59. The number of halogens is 1. The van der Waals surface area contributed by atoms with Gasteiger partial charge in [0.05, 0.1) is 6.42 Å². The zero-order valence-corrected chi connectivity index (χ0v) is 15.9. The number of hydrogen-bond acceptors (Lipinski definition) is 3. The molecule has 3 aromatic rings. The van der Waals surface area contributed by atoms with Crippen LogP contribution in [-0.2, 0) is 11.2 Å². The third-order valence-corrected chi connectivity index (χ3v) is 4.45. The van der Waals surface area contributed by atoms with Crippen LogP contribution in [0.2, 0.25) is 5.02 Å². The minimum atomic E-state index is -0.333. The molecule has 0 aliphatic heterocycles. The van der Waals surface area contributed by atoms with Crippen LogP contribution in [0.5, 0.6) is 0 Å². The molecule has 0 radical (unpaired) electrons. The number of rotatable bonds is 5. The highest BCUT2D eigenvalue weighted by Gasteiger charge is 2.10. The first-order valence-corrected chi connectivity index (χ1v) is 9.04. The Morgan fingerprint density at radius 2 is 1.78 bits per heavy atom. The van der Waals surface area contributed by atoms with Gasteiger partial charge in [0.25, 0.3) is 5.56 Å². The molecule has 1 aromatic heterocycles. The van der Waals surface area contributed by atoms with Crippen molar-refractivity contribution in [3.63, 3.8) is 0 Å². The van der Waals surface area contributed by atoms with Gasteiger partial charge in [-0.15, -0.1) is 0 Å². The van der Waals surface area contributed by atoms with Crippen molar-refractivity contribution in [2.24, 2.45) is 0 Å². The third kappa shape index (κ3) is 4.83. The smallest absolute Gasteiger partial charge is 0.254 e. The van der Waals surface area contributed by atoms with Gasteiger partial charge < -0.3 is 10.3 Å². The van der Waals surface area contributed by atoms with Crippen LogP contribution < -0.4 is 10.9 Å². The lowest BCUT2D eigenvalue weighted by molar-refractivity contribution is -0.115. The average molecular weight is 382 g/mol. The van der Waals surface area contributed by atoms with Gasteiger partial charge in [-0.25, -0.2) is 4.98 Å². The highest BCUT2D eigenvalue weighted by molar-refractivity contribution is 6.30. The fraction of sp³-hybridized carbons (Fsp3) is 0.190. The van der Waals surface area contributed by atoms with Crippen LogP contribution in [0.3, 0.4) is 0 Å². The van der Waals surface area contributed by atoms with Crippen molar-refractivity contribution < 1.29 is 4.79 Å². The fourth-order valence-corrected chi connectivity index (χ4v) is 2.76. The van der Waals surface area contributed by atoms with Crippen molar-refractivity contribution in [1.29, 1.82) is 0 Å². The lowest BCUT2D eigenvalue weighted by Crippen LogP contribution is -2.22. The van der Waals surface area contributed by atoms with E-state index in [-0.39, 0.29) is 17.9 Å². The molecule has 27 heavy (non-hydrogen) atoms. The normalized spacial score (nSPS) is 10.8. The first-order chi connectivity index (χ1) is 12.9. The average Bonchev–Trinajstić information content (AvgIpc) is 2.64. The number of anilines is 1. The van der Waals surface area contributed by atoms with Crippen molar-refractivity contribution in [2.45, 2.75) is 26.2 Å². The topological polar surface area (TPSA) is 74.8 Å². The molecule has 6 heteroatoms. The van der Waals surface area contributed by atoms with Gasteiger partial charge in [-0.3, -0.25) is 9.59 Å². The molecule has 0 aliphatic carbocycles. The summed E-state index contributed by atoms with van der Waals surface area (Å²) in [6.45, 7) is 4.22. The number of amides is 1. The number of hydrogen-bond donors (Lipinski definition) is 2. The lowest BCUT2D eigenvalue weighted by Gasteiger charge is -2.08. The van der Waals surface area contributed by atoms with Crippen LogP contribution in [0.1, 0.15) is 30.9 Å². The monoisotopic (exact) mass is 381 g/mol. The Balaban J connectivity index is 1.69. The zero-order chi connectivity index (χ0) is 19.4. The van der Waals surface area contributed by atoms with E-state index in [1.807, 2.05) is 24.3 Å². The molecule has 0 fully saturated rings. The molecule has 1 amide bonds. The molecule has 0 saturated carbocycles. The molecule has 3 rings (SSSR count). The summed E-state index contributed by atoms with van der Waals surface area (Å²) in [4.78, 5) is 31.5. The SMILES string of the molecule is CC(C)c1ccc(NC(=O)Cc2cnc(-c3ccc(Cl)cc3)[nH]c2=O)cc1.